The maximum atomic E-state index is 12.3. The molecule has 3 heterocycles. The molecule has 0 unspecified atom stereocenters. The number of anilines is 1. The number of fused-ring (bicyclic) bond motifs is 1. The number of ether oxygens (including phenoxy) is 2. The van der Waals surface area contributed by atoms with Gasteiger partial charge in [-0.15, -0.1) is 5.10 Å². The van der Waals surface area contributed by atoms with Crippen LogP contribution in [-0.4, -0.2) is 45.1 Å². The van der Waals surface area contributed by atoms with Crippen molar-refractivity contribution in [2.75, 3.05) is 24.3 Å². The lowest BCUT2D eigenvalue weighted by Crippen LogP contribution is -2.15. The Morgan fingerprint density at radius 1 is 1.22 bits per heavy atom. The molecule has 0 atom stereocenters. The van der Waals surface area contributed by atoms with Crippen molar-refractivity contribution in [3.63, 3.8) is 0 Å². The van der Waals surface area contributed by atoms with E-state index in [1.165, 1.54) is 11.8 Å². The Labute approximate surface area is 159 Å². The van der Waals surface area contributed by atoms with Gasteiger partial charge in [-0.25, -0.2) is 4.68 Å². The summed E-state index contributed by atoms with van der Waals surface area (Å²) in [5, 5.41) is 14.9. The number of amides is 1. The highest BCUT2D eigenvalue weighted by Gasteiger charge is 2.14. The number of thioether (sulfide) groups is 1. The number of nitrogens with zero attached hydrogens (tertiary/aromatic N) is 4. The van der Waals surface area contributed by atoms with Gasteiger partial charge in [0.05, 0.1) is 25.2 Å². The number of aromatic nitrogens is 4. The number of tetrazole rings is 1. The van der Waals surface area contributed by atoms with Crippen LogP contribution in [0.15, 0.2) is 46.2 Å². The number of carbonyl (C=O) groups is 1. The minimum Gasteiger partial charge on any atom is -0.490 e. The smallest absolute Gasteiger partial charge is 0.234 e. The second-order valence-electron chi connectivity index (χ2n) is 5.75. The molecule has 0 radical (unpaired) electrons. The molecule has 0 spiro atoms. The first-order valence-corrected chi connectivity index (χ1v) is 9.37. The van der Waals surface area contributed by atoms with Crippen molar-refractivity contribution in [2.24, 2.45) is 0 Å². The fourth-order valence-electron chi connectivity index (χ4n) is 2.52. The Morgan fingerprint density at radius 3 is 2.96 bits per heavy atom. The monoisotopic (exact) mass is 387 g/mol. The fourth-order valence-corrected chi connectivity index (χ4v) is 3.19. The van der Waals surface area contributed by atoms with Gasteiger partial charge in [0.15, 0.2) is 11.5 Å². The summed E-state index contributed by atoms with van der Waals surface area (Å²) in [6.07, 6.45) is 2.43. The van der Waals surface area contributed by atoms with Crippen molar-refractivity contribution >= 4 is 23.4 Å². The zero-order valence-corrected chi connectivity index (χ0v) is 15.1. The molecule has 0 fully saturated rings. The summed E-state index contributed by atoms with van der Waals surface area (Å²) in [6.45, 7) is 1.63. The zero-order chi connectivity index (χ0) is 18.5. The van der Waals surface area contributed by atoms with E-state index in [0.717, 1.165) is 12.2 Å². The molecule has 0 saturated heterocycles. The van der Waals surface area contributed by atoms with Crippen LogP contribution in [0.1, 0.15) is 12.2 Å². The van der Waals surface area contributed by atoms with E-state index in [9.17, 15) is 4.79 Å². The van der Waals surface area contributed by atoms with Crippen molar-refractivity contribution in [3.05, 3.63) is 42.4 Å². The van der Waals surface area contributed by atoms with E-state index in [1.54, 1.807) is 35.2 Å². The Morgan fingerprint density at radius 2 is 2.11 bits per heavy atom. The first-order valence-electron chi connectivity index (χ1n) is 8.39. The van der Waals surface area contributed by atoms with Crippen LogP contribution < -0.4 is 14.8 Å². The summed E-state index contributed by atoms with van der Waals surface area (Å²) in [5.41, 5.74) is 0.653. The van der Waals surface area contributed by atoms with E-state index in [4.69, 9.17) is 13.9 Å². The summed E-state index contributed by atoms with van der Waals surface area (Å²) in [4.78, 5) is 12.3. The van der Waals surface area contributed by atoms with Gasteiger partial charge in [0.1, 0.15) is 12.3 Å². The molecule has 0 saturated carbocycles. The van der Waals surface area contributed by atoms with Gasteiger partial charge in [-0.3, -0.25) is 4.79 Å². The van der Waals surface area contributed by atoms with E-state index >= 15 is 0 Å². The summed E-state index contributed by atoms with van der Waals surface area (Å²) in [5.74, 6) is 2.08. The topological polar surface area (TPSA) is 104 Å². The average Bonchev–Trinajstić information content (AvgIpc) is 3.28. The summed E-state index contributed by atoms with van der Waals surface area (Å²) >= 11 is 1.25. The van der Waals surface area contributed by atoms with E-state index in [-0.39, 0.29) is 11.7 Å². The van der Waals surface area contributed by atoms with Crippen LogP contribution in [0.4, 0.5) is 5.69 Å². The molecule has 1 aromatic carbocycles. The standard InChI is InChI=1S/C17H17N5O4S/c23-16(18-12-4-5-14-15(9-12)26-8-2-7-25-14)11-27-17-19-20-21-22(17)10-13-3-1-6-24-13/h1,3-6,9H,2,7-8,10-11H2,(H,18,23). The van der Waals surface area contributed by atoms with Crippen LogP contribution >= 0.6 is 11.8 Å². The van der Waals surface area contributed by atoms with Gasteiger partial charge in [0.2, 0.25) is 11.1 Å². The van der Waals surface area contributed by atoms with Crippen LogP contribution in [-0.2, 0) is 11.3 Å². The van der Waals surface area contributed by atoms with Gasteiger partial charge in [-0.1, -0.05) is 11.8 Å². The highest BCUT2D eigenvalue weighted by Crippen LogP contribution is 2.32. The number of furan rings is 1. The van der Waals surface area contributed by atoms with Gasteiger partial charge in [-0.05, 0) is 34.7 Å². The molecule has 3 aromatic rings. The van der Waals surface area contributed by atoms with Gasteiger partial charge < -0.3 is 19.2 Å². The molecule has 2 aromatic heterocycles. The van der Waals surface area contributed by atoms with Crippen LogP contribution in [0.2, 0.25) is 0 Å². The number of rotatable bonds is 6. The molecule has 140 valence electrons. The predicted molar refractivity (Wildman–Crippen MR) is 97.0 cm³/mol. The molecule has 9 nitrogen and oxygen atoms in total. The third-order valence-corrected chi connectivity index (χ3v) is 4.71. The van der Waals surface area contributed by atoms with Crippen molar-refractivity contribution in [3.8, 4) is 11.5 Å². The molecule has 0 aliphatic carbocycles. The van der Waals surface area contributed by atoms with E-state index in [2.05, 4.69) is 20.8 Å². The zero-order valence-electron chi connectivity index (χ0n) is 14.3. The van der Waals surface area contributed by atoms with Crippen molar-refractivity contribution in [2.45, 2.75) is 18.1 Å². The Balaban J connectivity index is 1.34. The van der Waals surface area contributed by atoms with Crippen molar-refractivity contribution < 1.29 is 18.7 Å². The predicted octanol–water partition coefficient (Wildman–Crippen LogP) is 2.21. The first kappa shape index (κ1) is 17.4. The van der Waals surface area contributed by atoms with Gasteiger partial charge in [0, 0.05) is 18.2 Å². The number of hydrogen-bond donors (Lipinski definition) is 1. The van der Waals surface area contributed by atoms with Gasteiger partial charge >= 0.3 is 0 Å². The number of benzene rings is 1. The molecule has 1 N–H and O–H groups in total. The first-order chi connectivity index (χ1) is 13.3. The highest BCUT2D eigenvalue weighted by atomic mass is 32.2. The lowest BCUT2D eigenvalue weighted by Gasteiger charge is -2.10. The van der Waals surface area contributed by atoms with Crippen LogP contribution in [0.25, 0.3) is 0 Å². The summed E-state index contributed by atoms with van der Waals surface area (Å²) in [6, 6.07) is 9.00. The number of hydrogen-bond acceptors (Lipinski definition) is 8. The summed E-state index contributed by atoms with van der Waals surface area (Å²) < 4.78 is 18.1. The maximum absolute atomic E-state index is 12.3. The van der Waals surface area contributed by atoms with Crippen molar-refractivity contribution in [1.29, 1.82) is 0 Å². The average molecular weight is 387 g/mol. The number of nitrogens with one attached hydrogen (secondary N) is 1. The van der Waals surface area contributed by atoms with Crippen LogP contribution in [0.5, 0.6) is 11.5 Å². The molecular weight excluding hydrogens is 370 g/mol. The van der Waals surface area contributed by atoms with E-state index in [1.807, 2.05) is 6.07 Å². The third kappa shape index (κ3) is 4.40. The molecule has 10 heteroatoms. The summed E-state index contributed by atoms with van der Waals surface area (Å²) in [7, 11) is 0. The quantitative estimate of drug-likeness (QED) is 0.642. The third-order valence-electron chi connectivity index (χ3n) is 3.75. The van der Waals surface area contributed by atoms with Crippen LogP contribution in [0, 0.1) is 0 Å². The Bertz CT molecular complexity index is 912. The van der Waals surface area contributed by atoms with Crippen molar-refractivity contribution in [1.82, 2.24) is 20.2 Å². The minimum atomic E-state index is -0.165. The normalized spacial score (nSPS) is 13.2. The highest BCUT2D eigenvalue weighted by molar-refractivity contribution is 7.99. The lowest BCUT2D eigenvalue weighted by molar-refractivity contribution is -0.113. The maximum Gasteiger partial charge on any atom is 0.234 e. The molecule has 4 rings (SSSR count). The van der Waals surface area contributed by atoms with E-state index in [0.29, 0.717) is 42.1 Å². The van der Waals surface area contributed by atoms with Gasteiger partial charge in [-0.2, -0.15) is 0 Å². The largest absolute Gasteiger partial charge is 0.490 e. The van der Waals surface area contributed by atoms with Gasteiger partial charge in [0.25, 0.3) is 0 Å². The molecule has 1 aliphatic rings. The second kappa shape index (κ2) is 8.12. The van der Waals surface area contributed by atoms with E-state index < -0.39 is 0 Å². The lowest BCUT2D eigenvalue weighted by atomic mass is 10.2. The molecule has 1 aliphatic heterocycles. The van der Waals surface area contributed by atoms with Crippen LogP contribution in [0.3, 0.4) is 0 Å². The minimum absolute atomic E-state index is 0.165. The number of carbonyl (C=O) groups excluding carboxylic acids is 1. The SMILES string of the molecule is O=C(CSc1nnnn1Cc1ccco1)Nc1ccc2c(c1)OCCCO2. The second-order valence-corrected chi connectivity index (χ2v) is 6.69. The molecule has 0 bridgehead atoms. The Kier molecular flexibility index (Phi) is 5.24. The fraction of sp³-hybridized carbons (Fsp3) is 0.294. The molecular formula is C17H17N5O4S. The molecule has 27 heavy (non-hydrogen) atoms. The molecule has 1 amide bonds. The Hall–Kier alpha value is -3.01.